The van der Waals surface area contributed by atoms with E-state index in [1.165, 1.54) is 5.56 Å². The Kier molecular flexibility index (Phi) is 6.24. The molecule has 2 atom stereocenters. The van der Waals surface area contributed by atoms with E-state index < -0.39 is 6.10 Å². The van der Waals surface area contributed by atoms with Gasteiger partial charge in [0.1, 0.15) is 5.75 Å². The van der Waals surface area contributed by atoms with E-state index in [-0.39, 0.29) is 11.9 Å². The van der Waals surface area contributed by atoms with Crippen LogP contribution in [-0.2, 0) is 4.79 Å². The van der Waals surface area contributed by atoms with E-state index in [1.54, 1.807) is 6.92 Å². The molecule has 0 fully saturated rings. The first-order chi connectivity index (χ1) is 11.8. The highest BCUT2D eigenvalue weighted by atomic mass is 16.5. The molecule has 1 N–H and O–H groups in total. The molecular weight excluding hydrogens is 310 g/mol. The standard InChI is InChI=1S/C22H29NO2/c1-14(2)20-12-9-16(4)13-21(20)25-18(6)22(24)23-17(5)19-10-7-15(3)8-11-19/h7-14,17-18H,1-6H3,(H,23,24)/t17-,18-/m0/s1. The van der Waals surface area contributed by atoms with Crippen molar-refractivity contribution in [1.82, 2.24) is 5.32 Å². The van der Waals surface area contributed by atoms with Crippen molar-refractivity contribution in [2.24, 2.45) is 0 Å². The zero-order valence-corrected chi connectivity index (χ0v) is 16.1. The molecule has 2 aromatic rings. The van der Waals surface area contributed by atoms with Crippen LogP contribution in [0.1, 0.15) is 61.9 Å². The summed E-state index contributed by atoms with van der Waals surface area (Å²) in [4.78, 5) is 12.5. The molecule has 0 heterocycles. The van der Waals surface area contributed by atoms with Crippen molar-refractivity contribution in [3.05, 3.63) is 64.7 Å². The molecule has 0 spiro atoms. The summed E-state index contributed by atoms with van der Waals surface area (Å²) in [5.74, 6) is 1.03. The molecule has 25 heavy (non-hydrogen) atoms. The van der Waals surface area contributed by atoms with E-state index in [0.29, 0.717) is 5.92 Å². The van der Waals surface area contributed by atoms with Crippen LogP contribution in [0, 0.1) is 13.8 Å². The van der Waals surface area contributed by atoms with E-state index in [0.717, 1.165) is 22.4 Å². The van der Waals surface area contributed by atoms with Crippen molar-refractivity contribution in [2.45, 2.75) is 59.6 Å². The molecule has 0 saturated carbocycles. The van der Waals surface area contributed by atoms with E-state index in [4.69, 9.17) is 4.74 Å². The van der Waals surface area contributed by atoms with Gasteiger partial charge in [-0.25, -0.2) is 0 Å². The topological polar surface area (TPSA) is 38.3 Å². The fourth-order valence-corrected chi connectivity index (χ4v) is 2.73. The maximum absolute atomic E-state index is 12.5. The maximum atomic E-state index is 12.5. The first-order valence-electron chi connectivity index (χ1n) is 8.92. The Morgan fingerprint density at radius 3 is 2.12 bits per heavy atom. The third-order valence-electron chi connectivity index (χ3n) is 4.40. The Morgan fingerprint density at radius 2 is 1.52 bits per heavy atom. The molecule has 134 valence electrons. The number of carbonyl (C=O) groups is 1. The first-order valence-corrected chi connectivity index (χ1v) is 8.92. The zero-order chi connectivity index (χ0) is 18.6. The van der Waals surface area contributed by atoms with Crippen LogP contribution in [0.2, 0.25) is 0 Å². The molecule has 0 aliphatic rings. The number of benzene rings is 2. The van der Waals surface area contributed by atoms with E-state index >= 15 is 0 Å². The van der Waals surface area contributed by atoms with Gasteiger partial charge in [-0.2, -0.15) is 0 Å². The summed E-state index contributed by atoms with van der Waals surface area (Å²) in [6.07, 6.45) is -0.549. The van der Waals surface area contributed by atoms with Crippen LogP contribution >= 0.6 is 0 Å². The van der Waals surface area contributed by atoms with Gasteiger partial charge in [0.25, 0.3) is 5.91 Å². The van der Waals surface area contributed by atoms with Crippen molar-refractivity contribution in [1.29, 1.82) is 0 Å². The summed E-state index contributed by atoms with van der Waals surface area (Å²) in [6.45, 7) is 12.1. The lowest BCUT2D eigenvalue weighted by atomic mass is 10.0. The number of nitrogens with one attached hydrogen (secondary N) is 1. The highest BCUT2D eigenvalue weighted by Gasteiger charge is 2.19. The lowest BCUT2D eigenvalue weighted by Gasteiger charge is -2.21. The molecule has 2 aromatic carbocycles. The van der Waals surface area contributed by atoms with Crippen molar-refractivity contribution >= 4 is 5.91 Å². The minimum atomic E-state index is -0.549. The fourth-order valence-electron chi connectivity index (χ4n) is 2.73. The van der Waals surface area contributed by atoms with Crippen LogP contribution in [0.15, 0.2) is 42.5 Å². The van der Waals surface area contributed by atoms with Gasteiger partial charge < -0.3 is 10.1 Å². The summed E-state index contributed by atoms with van der Waals surface area (Å²) in [5.41, 5.74) is 4.54. The fraction of sp³-hybridized carbons (Fsp3) is 0.409. The monoisotopic (exact) mass is 339 g/mol. The van der Waals surface area contributed by atoms with Crippen LogP contribution in [-0.4, -0.2) is 12.0 Å². The summed E-state index contributed by atoms with van der Waals surface area (Å²) in [6, 6.07) is 14.3. The number of hydrogen-bond acceptors (Lipinski definition) is 2. The van der Waals surface area contributed by atoms with E-state index in [2.05, 4.69) is 50.4 Å². The van der Waals surface area contributed by atoms with Gasteiger partial charge in [0.2, 0.25) is 0 Å². The second-order valence-corrected chi connectivity index (χ2v) is 7.10. The molecule has 3 nitrogen and oxygen atoms in total. The van der Waals surface area contributed by atoms with Crippen molar-refractivity contribution in [3.8, 4) is 5.75 Å². The molecule has 3 heteroatoms. The molecule has 2 rings (SSSR count). The Morgan fingerprint density at radius 1 is 0.920 bits per heavy atom. The normalized spacial score (nSPS) is 13.4. The van der Waals surface area contributed by atoms with Gasteiger partial charge in [-0.15, -0.1) is 0 Å². The summed E-state index contributed by atoms with van der Waals surface area (Å²) < 4.78 is 5.99. The van der Waals surface area contributed by atoms with E-state index in [1.807, 2.05) is 32.0 Å². The largest absolute Gasteiger partial charge is 0.481 e. The smallest absolute Gasteiger partial charge is 0.261 e. The lowest BCUT2D eigenvalue weighted by Crippen LogP contribution is -2.38. The minimum absolute atomic E-state index is 0.0544. The quantitative estimate of drug-likeness (QED) is 0.798. The summed E-state index contributed by atoms with van der Waals surface area (Å²) in [7, 11) is 0. The second-order valence-electron chi connectivity index (χ2n) is 7.10. The molecule has 1 amide bonds. The zero-order valence-electron chi connectivity index (χ0n) is 16.1. The molecular formula is C22H29NO2. The van der Waals surface area contributed by atoms with Crippen molar-refractivity contribution in [2.75, 3.05) is 0 Å². The number of rotatable bonds is 6. The van der Waals surface area contributed by atoms with Gasteiger partial charge in [-0.05, 0) is 56.4 Å². The SMILES string of the molecule is Cc1ccc([C@H](C)NC(=O)[C@H](C)Oc2cc(C)ccc2C(C)C)cc1. The average Bonchev–Trinajstić information content (AvgIpc) is 2.55. The number of carbonyl (C=O) groups excluding carboxylic acids is 1. The van der Waals surface area contributed by atoms with Crippen LogP contribution in [0.3, 0.4) is 0 Å². The summed E-state index contributed by atoms with van der Waals surface area (Å²) in [5, 5.41) is 3.04. The Bertz CT molecular complexity index is 719. The van der Waals surface area contributed by atoms with Crippen LogP contribution in [0.25, 0.3) is 0 Å². The average molecular weight is 339 g/mol. The van der Waals surface area contributed by atoms with Gasteiger partial charge in [0, 0.05) is 0 Å². The summed E-state index contributed by atoms with van der Waals surface area (Å²) >= 11 is 0. The molecule has 0 bridgehead atoms. The number of hydrogen-bond donors (Lipinski definition) is 1. The lowest BCUT2D eigenvalue weighted by molar-refractivity contribution is -0.127. The molecule has 0 saturated heterocycles. The predicted octanol–water partition coefficient (Wildman–Crippen LogP) is 5.07. The minimum Gasteiger partial charge on any atom is -0.481 e. The van der Waals surface area contributed by atoms with Crippen LogP contribution < -0.4 is 10.1 Å². The van der Waals surface area contributed by atoms with Crippen molar-refractivity contribution in [3.63, 3.8) is 0 Å². The second kappa shape index (κ2) is 8.19. The highest BCUT2D eigenvalue weighted by molar-refractivity contribution is 5.81. The van der Waals surface area contributed by atoms with Crippen molar-refractivity contribution < 1.29 is 9.53 Å². The van der Waals surface area contributed by atoms with Gasteiger partial charge in [0.05, 0.1) is 6.04 Å². The third kappa shape index (κ3) is 5.09. The number of aryl methyl sites for hydroxylation is 2. The third-order valence-corrected chi connectivity index (χ3v) is 4.40. The van der Waals surface area contributed by atoms with Crippen LogP contribution in [0.5, 0.6) is 5.75 Å². The number of ether oxygens (including phenoxy) is 1. The van der Waals surface area contributed by atoms with E-state index in [9.17, 15) is 4.79 Å². The highest BCUT2D eigenvalue weighted by Crippen LogP contribution is 2.28. The molecule has 0 radical (unpaired) electrons. The van der Waals surface area contributed by atoms with Gasteiger partial charge in [-0.3, -0.25) is 4.79 Å². The van der Waals surface area contributed by atoms with Gasteiger partial charge >= 0.3 is 0 Å². The van der Waals surface area contributed by atoms with Crippen LogP contribution in [0.4, 0.5) is 0 Å². The Labute approximate surface area is 151 Å². The van der Waals surface area contributed by atoms with Gasteiger partial charge in [-0.1, -0.05) is 55.8 Å². The number of amides is 1. The molecule has 0 aliphatic carbocycles. The molecule has 0 unspecified atom stereocenters. The molecule has 0 aliphatic heterocycles. The maximum Gasteiger partial charge on any atom is 0.261 e. The predicted molar refractivity (Wildman–Crippen MR) is 103 cm³/mol. The Hall–Kier alpha value is -2.29. The first kappa shape index (κ1) is 19.0. The molecule has 0 aromatic heterocycles. The Balaban J connectivity index is 2.05. The van der Waals surface area contributed by atoms with Gasteiger partial charge in [0.15, 0.2) is 6.10 Å².